The summed E-state index contributed by atoms with van der Waals surface area (Å²) in [5.41, 5.74) is 1.61. The lowest BCUT2D eigenvalue weighted by atomic mass is 10.1. The van der Waals surface area contributed by atoms with Gasteiger partial charge >= 0.3 is 0 Å². The van der Waals surface area contributed by atoms with E-state index in [9.17, 15) is 4.79 Å². The zero-order valence-corrected chi connectivity index (χ0v) is 9.70. The summed E-state index contributed by atoms with van der Waals surface area (Å²) in [7, 11) is 0. The number of nitrogens with one attached hydrogen (secondary N) is 1. The van der Waals surface area contributed by atoms with Crippen molar-refractivity contribution < 1.29 is 4.79 Å². The summed E-state index contributed by atoms with van der Waals surface area (Å²) in [6.45, 7) is 6.77. The molecule has 1 heterocycles. The van der Waals surface area contributed by atoms with Crippen molar-refractivity contribution in [1.29, 1.82) is 0 Å². The standard InChI is InChI=1S/C14H15N2O/c1-2-3-12-4-6-13(7-5-12)14(17)16-10-8-15-9-11-16/h4-7,15H,1,8-11H2. The highest BCUT2D eigenvalue weighted by atomic mass is 16.2. The van der Waals surface area contributed by atoms with E-state index in [0.29, 0.717) is 0 Å². The van der Waals surface area contributed by atoms with E-state index in [1.807, 2.05) is 29.2 Å². The lowest BCUT2D eigenvalue weighted by molar-refractivity contribution is 0.0736. The Balaban J connectivity index is 2.09. The lowest BCUT2D eigenvalue weighted by Gasteiger charge is -2.27. The molecule has 1 saturated heterocycles. The highest BCUT2D eigenvalue weighted by Gasteiger charge is 2.17. The maximum atomic E-state index is 12.1. The molecule has 1 aliphatic rings. The van der Waals surface area contributed by atoms with Crippen molar-refractivity contribution in [3.63, 3.8) is 0 Å². The van der Waals surface area contributed by atoms with Gasteiger partial charge in [0.2, 0.25) is 0 Å². The molecule has 1 amide bonds. The molecule has 2 rings (SSSR count). The van der Waals surface area contributed by atoms with Gasteiger partial charge in [-0.3, -0.25) is 4.79 Å². The van der Waals surface area contributed by atoms with Gasteiger partial charge in [-0.25, -0.2) is 0 Å². The third kappa shape index (κ3) is 2.86. The van der Waals surface area contributed by atoms with Gasteiger partial charge in [0.1, 0.15) is 0 Å². The molecule has 1 radical (unpaired) electrons. The van der Waals surface area contributed by atoms with Gasteiger partial charge < -0.3 is 10.2 Å². The van der Waals surface area contributed by atoms with Crippen LogP contribution in [0.3, 0.4) is 0 Å². The van der Waals surface area contributed by atoms with Crippen LogP contribution in [0.2, 0.25) is 0 Å². The third-order valence-electron chi connectivity index (χ3n) is 2.77. The maximum Gasteiger partial charge on any atom is 0.253 e. The monoisotopic (exact) mass is 227 g/mol. The van der Waals surface area contributed by atoms with Crippen molar-refractivity contribution in [3.05, 3.63) is 42.3 Å². The van der Waals surface area contributed by atoms with E-state index in [2.05, 4.69) is 24.1 Å². The average Bonchev–Trinajstić information content (AvgIpc) is 2.40. The van der Waals surface area contributed by atoms with Crippen LogP contribution in [0.1, 0.15) is 15.9 Å². The van der Waals surface area contributed by atoms with E-state index in [-0.39, 0.29) is 5.91 Å². The van der Waals surface area contributed by atoms with E-state index < -0.39 is 0 Å². The fourth-order valence-corrected chi connectivity index (χ4v) is 1.85. The van der Waals surface area contributed by atoms with Crippen LogP contribution < -0.4 is 5.32 Å². The normalized spacial score (nSPS) is 15.0. The Morgan fingerprint density at radius 3 is 2.47 bits per heavy atom. The summed E-state index contributed by atoms with van der Waals surface area (Å²) in [6.07, 6.45) is 0. The number of nitrogens with zero attached hydrogens (tertiary/aromatic N) is 1. The van der Waals surface area contributed by atoms with Crippen LogP contribution in [0.4, 0.5) is 0 Å². The van der Waals surface area contributed by atoms with Crippen LogP contribution in [0.25, 0.3) is 0 Å². The Labute approximate surface area is 102 Å². The fraction of sp³-hybridized carbons (Fsp3) is 0.286. The van der Waals surface area contributed by atoms with Crippen molar-refractivity contribution in [2.45, 2.75) is 0 Å². The average molecular weight is 227 g/mol. The molecule has 3 heteroatoms. The first kappa shape index (κ1) is 11.7. The van der Waals surface area contributed by atoms with E-state index in [1.54, 1.807) is 0 Å². The quantitative estimate of drug-likeness (QED) is 0.723. The van der Waals surface area contributed by atoms with Crippen LogP contribution in [-0.4, -0.2) is 37.0 Å². The van der Waals surface area contributed by atoms with Crippen LogP contribution >= 0.6 is 0 Å². The van der Waals surface area contributed by atoms with Gasteiger partial charge in [-0.1, -0.05) is 11.8 Å². The van der Waals surface area contributed by atoms with Gasteiger partial charge in [0.15, 0.2) is 0 Å². The van der Waals surface area contributed by atoms with Crippen LogP contribution in [0, 0.1) is 18.8 Å². The SMILES string of the molecule is [CH2]C#Cc1ccc(C(=O)N2CCNCC2)cc1. The molecule has 1 N–H and O–H groups in total. The maximum absolute atomic E-state index is 12.1. The summed E-state index contributed by atoms with van der Waals surface area (Å²) in [5.74, 6) is 5.55. The molecule has 17 heavy (non-hydrogen) atoms. The topological polar surface area (TPSA) is 32.3 Å². The highest BCUT2D eigenvalue weighted by Crippen LogP contribution is 2.08. The summed E-state index contributed by atoms with van der Waals surface area (Å²) in [5, 5.41) is 3.23. The number of hydrogen-bond donors (Lipinski definition) is 1. The molecule has 1 aromatic rings. The third-order valence-corrected chi connectivity index (χ3v) is 2.77. The van der Waals surface area contributed by atoms with Crippen LogP contribution in [-0.2, 0) is 0 Å². The molecule has 1 aliphatic heterocycles. The number of carbonyl (C=O) groups is 1. The van der Waals surface area contributed by atoms with Gasteiger partial charge in [0.05, 0.1) is 0 Å². The van der Waals surface area contributed by atoms with Crippen LogP contribution in [0.5, 0.6) is 0 Å². The lowest BCUT2D eigenvalue weighted by Crippen LogP contribution is -2.46. The van der Waals surface area contributed by atoms with Gasteiger partial charge in [-0.2, -0.15) is 0 Å². The van der Waals surface area contributed by atoms with Crippen LogP contribution in [0.15, 0.2) is 24.3 Å². The largest absolute Gasteiger partial charge is 0.336 e. The molecule has 1 fully saturated rings. The molecule has 0 bridgehead atoms. The number of hydrogen-bond acceptors (Lipinski definition) is 2. The molecule has 0 unspecified atom stereocenters. The van der Waals surface area contributed by atoms with Crippen molar-refractivity contribution in [2.24, 2.45) is 0 Å². The summed E-state index contributed by atoms with van der Waals surface area (Å²) >= 11 is 0. The number of carbonyl (C=O) groups excluding carboxylic acids is 1. The van der Waals surface area contributed by atoms with Crippen molar-refractivity contribution in [3.8, 4) is 11.8 Å². The summed E-state index contributed by atoms with van der Waals surface area (Å²) < 4.78 is 0. The second-order valence-corrected chi connectivity index (χ2v) is 3.92. The van der Waals surface area contributed by atoms with Crippen molar-refractivity contribution >= 4 is 5.91 Å². The number of amides is 1. The molecule has 1 aromatic carbocycles. The second kappa shape index (κ2) is 5.51. The second-order valence-electron chi connectivity index (χ2n) is 3.92. The smallest absolute Gasteiger partial charge is 0.253 e. The van der Waals surface area contributed by atoms with E-state index >= 15 is 0 Å². The van der Waals surface area contributed by atoms with Crippen molar-refractivity contribution in [2.75, 3.05) is 26.2 Å². The number of rotatable bonds is 1. The minimum Gasteiger partial charge on any atom is -0.336 e. The number of piperazine rings is 1. The van der Waals surface area contributed by atoms with Gasteiger partial charge in [-0.15, -0.1) is 0 Å². The fourth-order valence-electron chi connectivity index (χ4n) is 1.85. The van der Waals surface area contributed by atoms with Gasteiger partial charge in [-0.05, 0) is 24.3 Å². The molecular weight excluding hydrogens is 212 g/mol. The minimum absolute atomic E-state index is 0.0978. The molecule has 0 atom stereocenters. The predicted molar refractivity (Wildman–Crippen MR) is 67.5 cm³/mol. The van der Waals surface area contributed by atoms with E-state index in [0.717, 1.165) is 37.3 Å². The molecule has 0 saturated carbocycles. The number of benzene rings is 1. The molecule has 0 aromatic heterocycles. The Bertz CT molecular complexity index is 447. The van der Waals surface area contributed by atoms with E-state index in [4.69, 9.17) is 0 Å². The Morgan fingerprint density at radius 2 is 1.88 bits per heavy atom. The molecular formula is C14H15N2O. The molecule has 87 valence electrons. The Hall–Kier alpha value is -1.79. The highest BCUT2D eigenvalue weighted by molar-refractivity contribution is 5.94. The first-order chi connectivity index (χ1) is 8.31. The van der Waals surface area contributed by atoms with Gasteiger partial charge in [0, 0.05) is 44.2 Å². The predicted octanol–water partition coefficient (Wildman–Crippen LogP) is 0.918. The molecule has 0 spiro atoms. The van der Waals surface area contributed by atoms with Crippen molar-refractivity contribution in [1.82, 2.24) is 10.2 Å². The summed E-state index contributed by atoms with van der Waals surface area (Å²) in [4.78, 5) is 14.0. The van der Waals surface area contributed by atoms with E-state index in [1.165, 1.54) is 0 Å². The Morgan fingerprint density at radius 1 is 1.24 bits per heavy atom. The minimum atomic E-state index is 0.0978. The zero-order valence-electron chi connectivity index (χ0n) is 9.70. The van der Waals surface area contributed by atoms with Gasteiger partial charge in [0.25, 0.3) is 5.91 Å². The Kier molecular flexibility index (Phi) is 3.79. The zero-order chi connectivity index (χ0) is 12.1. The summed E-state index contributed by atoms with van der Waals surface area (Å²) in [6, 6.07) is 7.36. The molecule has 0 aliphatic carbocycles. The first-order valence-electron chi connectivity index (χ1n) is 5.69. The first-order valence-corrected chi connectivity index (χ1v) is 5.69. The molecule has 3 nitrogen and oxygen atoms in total.